The van der Waals surface area contributed by atoms with Crippen molar-refractivity contribution in [3.8, 4) is 5.69 Å². The lowest BCUT2D eigenvalue weighted by molar-refractivity contribution is -0.119. The lowest BCUT2D eigenvalue weighted by atomic mass is 10.0. The quantitative estimate of drug-likeness (QED) is 0.349. The highest BCUT2D eigenvalue weighted by Gasteiger charge is 2.38. The molecule has 1 atom stereocenters. The van der Waals surface area contributed by atoms with Gasteiger partial charge in [0.15, 0.2) is 0 Å². The molecule has 1 unspecified atom stereocenters. The lowest BCUT2D eigenvalue weighted by Crippen LogP contribution is -2.48. The van der Waals surface area contributed by atoms with Crippen LogP contribution in [0.4, 0.5) is 20.6 Å². The third kappa shape index (κ3) is 4.37. The number of hydrogen-bond acceptors (Lipinski definition) is 3. The van der Waals surface area contributed by atoms with Crippen molar-refractivity contribution >= 4 is 23.3 Å². The lowest BCUT2D eigenvalue weighted by Gasteiger charge is -2.38. The molecule has 4 aromatic rings. The second-order valence-electron chi connectivity index (χ2n) is 8.66. The molecule has 36 heavy (non-hydrogen) atoms. The largest absolute Gasteiger partial charge is 0.467 e. The molecular weight excluding hydrogens is 459 g/mol. The van der Waals surface area contributed by atoms with Gasteiger partial charge in [-0.2, -0.15) is 0 Å². The van der Waals surface area contributed by atoms with Crippen molar-refractivity contribution in [3.63, 3.8) is 0 Å². The predicted molar refractivity (Wildman–Crippen MR) is 136 cm³/mol. The molecule has 7 nitrogen and oxygen atoms in total. The first-order chi connectivity index (χ1) is 17.6. The summed E-state index contributed by atoms with van der Waals surface area (Å²) in [4.78, 5) is 30.3. The summed E-state index contributed by atoms with van der Waals surface area (Å²) < 4.78 is 22.0. The molecule has 0 fully saturated rings. The molecule has 8 heteroatoms. The van der Waals surface area contributed by atoms with Crippen LogP contribution in [0.2, 0.25) is 0 Å². The first-order valence-electron chi connectivity index (χ1n) is 12.0. The van der Waals surface area contributed by atoms with E-state index in [-0.39, 0.29) is 18.1 Å². The molecule has 1 aliphatic rings. The SMILES string of the molecule is CCCCN(CC(=O)N1c2ccccc2-n2cccc2C1c1ccco1)C(=O)Nc1ccccc1F. The molecule has 3 heterocycles. The summed E-state index contributed by atoms with van der Waals surface area (Å²) in [7, 11) is 0. The van der Waals surface area contributed by atoms with E-state index < -0.39 is 17.9 Å². The van der Waals surface area contributed by atoms with Gasteiger partial charge in [-0.25, -0.2) is 9.18 Å². The number of carbonyl (C=O) groups is 2. The summed E-state index contributed by atoms with van der Waals surface area (Å²) in [5.74, 6) is -0.180. The minimum atomic E-state index is -0.531. The van der Waals surface area contributed by atoms with E-state index in [1.165, 1.54) is 17.0 Å². The van der Waals surface area contributed by atoms with Crippen molar-refractivity contribution in [2.24, 2.45) is 0 Å². The number of halogens is 1. The topological polar surface area (TPSA) is 70.7 Å². The Hall–Kier alpha value is -4.33. The van der Waals surface area contributed by atoms with Crippen LogP contribution in [-0.2, 0) is 4.79 Å². The van der Waals surface area contributed by atoms with Crippen LogP contribution in [0, 0.1) is 5.82 Å². The van der Waals surface area contributed by atoms with Crippen LogP contribution in [0.1, 0.15) is 37.3 Å². The molecule has 1 N–H and O–H groups in total. The van der Waals surface area contributed by atoms with Crippen molar-refractivity contribution in [2.75, 3.05) is 23.3 Å². The number of benzene rings is 2. The zero-order chi connectivity index (χ0) is 25.1. The molecule has 0 bridgehead atoms. The number of hydrogen-bond donors (Lipinski definition) is 1. The Bertz CT molecular complexity index is 1360. The second kappa shape index (κ2) is 10.1. The summed E-state index contributed by atoms with van der Waals surface area (Å²) in [6, 6.07) is 20.1. The smallest absolute Gasteiger partial charge is 0.322 e. The van der Waals surface area contributed by atoms with Gasteiger partial charge in [0.2, 0.25) is 5.91 Å². The maximum absolute atomic E-state index is 14.2. The average Bonchev–Trinajstić information content (AvgIpc) is 3.59. The fourth-order valence-corrected chi connectivity index (χ4v) is 4.58. The summed E-state index contributed by atoms with van der Waals surface area (Å²) >= 11 is 0. The molecule has 3 amide bonds. The van der Waals surface area contributed by atoms with Crippen LogP contribution in [0.3, 0.4) is 0 Å². The van der Waals surface area contributed by atoms with Gasteiger partial charge in [0.25, 0.3) is 0 Å². The van der Waals surface area contributed by atoms with E-state index >= 15 is 0 Å². The molecule has 0 saturated carbocycles. The first-order valence-corrected chi connectivity index (χ1v) is 12.0. The molecule has 1 aliphatic heterocycles. The summed E-state index contributed by atoms with van der Waals surface area (Å²) in [5.41, 5.74) is 2.54. The number of carbonyl (C=O) groups excluding carboxylic acids is 2. The Kier molecular flexibility index (Phi) is 6.58. The molecule has 5 rings (SSSR count). The van der Waals surface area contributed by atoms with Gasteiger partial charge in [-0.3, -0.25) is 9.69 Å². The number of furan rings is 1. The van der Waals surface area contributed by atoms with Gasteiger partial charge in [-0.1, -0.05) is 37.6 Å². The molecule has 0 aliphatic carbocycles. The van der Waals surface area contributed by atoms with E-state index in [1.54, 1.807) is 29.4 Å². The minimum Gasteiger partial charge on any atom is -0.467 e. The Morgan fingerprint density at radius 1 is 1.00 bits per heavy atom. The monoisotopic (exact) mass is 486 g/mol. The number of aromatic nitrogens is 1. The summed E-state index contributed by atoms with van der Waals surface area (Å²) in [6.45, 7) is 2.20. The molecule has 0 spiro atoms. The Morgan fingerprint density at radius 2 is 1.78 bits per heavy atom. The standard InChI is InChI=1S/C28H27FN4O3/c1-2-3-16-31(28(35)30-21-11-5-4-10-20(21)29)19-26(34)33-23-13-7-6-12-22(23)32-17-8-14-24(32)27(33)25-15-9-18-36-25/h4-15,17-18,27H,2-3,16,19H2,1H3,(H,30,35). The van der Waals surface area contributed by atoms with Gasteiger partial charge in [0.05, 0.1) is 29.0 Å². The number of anilines is 2. The third-order valence-electron chi connectivity index (χ3n) is 6.31. The summed E-state index contributed by atoms with van der Waals surface area (Å²) in [5, 5.41) is 2.62. The zero-order valence-corrected chi connectivity index (χ0v) is 19.9. The zero-order valence-electron chi connectivity index (χ0n) is 19.9. The number of unbranched alkanes of at least 4 members (excludes halogenated alkanes) is 1. The number of para-hydroxylation sites is 3. The van der Waals surface area contributed by atoms with E-state index in [0.29, 0.717) is 18.7 Å². The van der Waals surface area contributed by atoms with Crippen LogP contribution >= 0.6 is 0 Å². The third-order valence-corrected chi connectivity index (χ3v) is 6.31. The highest BCUT2D eigenvalue weighted by molar-refractivity contribution is 6.01. The van der Waals surface area contributed by atoms with Gasteiger partial charge in [0, 0.05) is 12.7 Å². The fraction of sp³-hybridized carbons (Fsp3) is 0.214. The molecular formula is C28H27FN4O3. The van der Waals surface area contributed by atoms with Crippen molar-refractivity contribution < 1.29 is 18.4 Å². The van der Waals surface area contributed by atoms with E-state index in [2.05, 4.69) is 5.32 Å². The Balaban J connectivity index is 1.48. The normalized spacial score (nSPS) is 14.2. The number of rotatable bonds is 7. The van der Waals surface area contributed by atoms with Gasteiger partial charge in [0.1, 0.15) is 24.2 Å². The molecule has 2 aromatic carbocycles. The van der Waals surface area contributed by atoms with Crippen molar-refractivity contribution in [1.82, 2.24) is 9.47 Å². The second-order valence-corrected chi connectivity index (χ2v) is 8.66. The fourth-order valence-electron chi connectivity index (χ4n) is 4.58. The molecule has 184 valence electrons. The number of urea groups is 1. The highest BCUT2D eigenvalue weighted by Crippen LogP contribution is 2.42. The molecule has 0 radical (unpaired) electrons. The van der Waals surface area contributed by atoms with Crippen molar-refractivity contribution in [1.29, 1.82) is 0 Å². The summed E-state index contributed by atoms with van der Waals surface area (Å²) in [6.07, 6.45) is 5.09. The Morgan fingerprint density at radius 3 is 2.53 bits per heavy atom. The van der Waals surface area contributed by atoms with Crippen LogP contribution in [0.25, 0.3) is 5.69 Å². The van der Waals surface area contributed by atoms with Crippen molar-refractivity contribution in [3.05, 3.63) is 103 Å². The van der Waals surface area contributed by atoms with E-state index in [1.807, 2.05) is 60.2 Å². The van der Waals surface area contributed by atoms with Crippen LogP contribution in [0.5, 0.6) is 0 Å². The predicted octanol–water partition coefficient (Wildman–Crippen LogP) is 5.98. The van der Waals surface area contributed by atoms with Crippen LogP contribution in [-0.4, -0.2) is 34.5 Å². The van der Waals surface area contributed by atoms with Crippen LogP contribution in [0.15, 0.2) is 89.7 Å². The number of nitrogens with zero attached hydrogens (tertiary/aromatic N) is 3. The number of fused-ring (bicyclic) bond motifs is 3. The van der Waals surface area contributed by atoms with Gasteiger partial charge in [-0.05, 0) is 55.0 Å². The van der Waals surface area contributed by atoms with Gasteiger partial charge >= 0.3 is 6.03 Å². The maximum atomic E-state index is 14.2. The highest BCUT2D eigenvalue weighted by atomic mass is 19.1. The first kappa shape index (κ1) is 23.4. The molecule has 2 aromatic heterocycles. The van der Waals surface area contributed by atoms with E-state index in [9.17, 15) is 14.0 Å². The van der Waals surface area contributed by atoms with E-state index in [0.717, 1.165) is 23.5 Å². The van der Waals surface area contributed by atoms with Crippen LogP contribution < -0.4 is 10.2 Å². The average molecular weight is 487 g/mol. The van der Waals surface area contributed by atoms with Crippen molar-refractivity contribution in [2.45, 2.75) is 25.8 Å². The number of amides is 3. The van der Waals surface area contributed by atoms with Gasteiger partial charge < -0.3 is 19.2 Å². The van der Waals surface area contributed by atoms with E-state index in [4.69, 9.17) is 4.42 Å². The molecule has 0 saturated heterocycles. The Labute approximate surface area is 208 Å². The minimum absolute atomic E-state index is 0.0751. The number of nitrogens with one attached hydrogen (secondary N) is 1. The maximum Gasteiger partial charge on any atom is 0.322 e. The van der Waals surface area contributed by atoms with Gasteiger partial charge in [-0.15, -0.1) is 0 Å².